The summed E-state index contributed by atoms with van der Waals surface area (Å²) in [5.74, 6) is -0.307. The summed E-state index contributed by atoms with van der Waals surface area (Å²) in [5, 5.41) is 0. The summed E-state index contributed by atoms with van der Waals surface area (Å²) >= 11 is 0. The van der Waals surface area contributed by atoms with E-state index in [0.29, 0.717) is 25.1 Å². The Morgan fingerprint density at radius 3 is 2.41 bits per heavy atom. The van der Waals surface area contributed by atoms with E-state index in [9.17, 15) is 26.4 Å². The summed E-state index contributed by atoms with van der Waals surface area (Å²) in [6.45, 7) is 0.939. The lowest BCUT2D eigenvalue weighted by Gasteiger charge is -2.30. The van der Waals surface area contributed by atoms with Crippen molar-refractivity contribution in [2.75, 3.05) is 24.7 Å². The molecule has 0 aliphatic carbocycles. The number of alkyl halides is 3. The Hall–Kier alpha value is -1.61. The minimum absolute atomic E-state index is 0.0489. The molecular weight excluding hydrogens is 383 g/mol. The summed E-state index contributed by atoms with van der Waals surface area (Å²) in [7, 11) is -3.16. The van der Waals surface area contributed by atoms with E-state index in [4.69, 9.17) is 4.74 Å². The van der Waals surface area contributed by atoms with Crippen molar-refractivity contribution >= 4 is 15.7 Å². The van der Waals surface area contributed by atoms with E-state index in [0.717, 1.165) is 25.0 Å². The number of hydrogen-bond donors (Lipinski definition) is 0. The first kappa shape index (κ1) is 20.1. The van der Waals surface area contributed by atoms with Crippen LogP contribution in [-0.4, -0.2) is 56.0 Å². The maximum Gasteiger partial charge on any atom is 0.416 e. The number of sulfone groups is 1. The number of halogens is 3. The lowest BCUT2D eigenvalue weighted by atomic mass is 10.1. The summed E-state index contributed by atoms with van der Waals surface area (Å²) < 4.78 is 67.2. The standard InChI is InChI=1S/C18H22F3NO4S/c19-18(20,21)14-5-3-13(4-6-14)10-17(23)22(11-16-2-1-8-26-16)15-7-9-27(24,25)12-15/h3-6,15-16H,1-2,7-12H2/t15-,16-/m0/s1. The van der Waals surface area contributed by atoms with Gasteiger partial charge in [0.25, 0.3) is 0 Å². The highest BCUT2D eigenvalue weighted by Crippen LogP contribution is 2.29. The molecule has 0 bridgehead atoms. The molecule has 150 valence electrons. The van der Waals surface area contributed by atoms with Crippen molar-refractivity contribution in [3.63, 3.8) is 0 Å². The van der Waals surface area contributed by atoms with Gasteiger partial charge in [0.1, 0.15) is 0 Å². The highest BCUT2D eigenvalue weighted by Gasteiger charge is 2.36. The van der Waals surface area contributed by atoms with Crippen LogP contribution in [-0.2, 0) is 32.0 Å². The summed E-state index contributed by atoms with van der Waals surface area (Å²) in [6.07, 6.45) is -2.52. The molecule has 2 atom stereocenters. The molecule has 1 amide bonds. The molecule has 5 nitrogen and oxygen atoms in total. The monoisotopic (exact) mass is 405 g/mol. The van der Waals surface area contributed by atoms with E-state index in [2.05, 4.69) is 0 Å². The molecular formula is C18H22F3NO4S. The second-order valence-electron chi connectivity index (χ2n) is 7.11. The number of carbonyl (C=O) groups is 1. The van der Waals surface area contributed by atoms with Gasteiger partial charge >= 0.3 is 6.18 Å². The third-order valence-corrected chi connectivity index (χ3v) is 6.78. The fourth-order valence-corrected chi connectivity index (χ4v) is 5.30. The molecule has 0 aromatic heterocycles. The Kier molecular flexibility index (Phi) is 5.81. The first-order chi connectivity index (χ1) is 12.6. The van der Waals surface area contributed by atoms with Gasteiger partial charge in [-0.05, 0) is 37.0 Å². The summed E-state index contributed by atoms with van der Waals surface area (Å²) in [6, 6.07) is 4.08. The molecule has 2 saturated heterocycles. The van der Waals surface area contributed by atoms with Crippen LogP contribution in [0.1, 0.15) is 30.4 Å². The Morgan fingerprint density at radius 2 is 1.89 bits per heavy atom. The number of hydrogen-bond acceptors (Lipinski definition) is 4. The highest BCUT2D eigenvalue weighted by molar-refractivity contribution is 7.91. The minimum atomic E-state index is -4.42. The lowest BCUT2D eigenvalue weighted by Crippen LogP contribution is -2.46. The molecule has 3 rings (SSSR count). The molecule has 0 saturated carbocycles. The van der Waals surface area contributed by atoms with E-state index < -0.39 is 27.6 Å². The zero-order valence-electron chi connectivity index (χ0n) is 14.7. The number of rotatable bonds is 5. The summed E-state index contributed by atoms with van der Waals surface area (Å²) in [4.78, 5) is 14.4. The smallest absolute Gasteiger partial charge is 0.376 e. The fourth-order valence-electron chi connectivity index (χ4n) is 3.57. The van der Waals surface area contributed by atoms with E-state index in [1.165, 1.54) is 12.1 Å². The van der Waals surface area contributed by atoms with Gasteiger partial charge in [-0.1, -0.05) is 12.1 Å². The molecule has 0 N–H and O–H groups in total. The Bertz CT molecular complexity index is 771. The highest BCUT2D eigenvalue weighted by atomic mass is 32.2. The van der Waals surface area contributed by atoms with Gasteiger partial charge in [0, 0.05) is 19.2 Å². The third kappa shape index (κ3) is 5.22. The summed E-state index contributed by atoms with van der Waals surface area (Å²) in [5.41, 5.74) is -0.303. The number of carbonyl (C=O) groups excluding carboxylic acids is 1. The normalized spacial score (nSPS) is 24.9. The second-order valence-corrected chi connectivity index (χ2v) is 9.34. The van der Waals surface area contributed by atoms with Gasteiger partial charge in [-0.3, -0.25) is 4.79 Å². The van der Waals surface area contributed by atoms with Crippen LogP contribution in [0.2, 0.25) is 0 Å². The number of amides is 1. The first-order valence-corrected chi connectivity index (χ1v) is 10.7. The molecule has 0 radical (unpaired) electrons. The van der Waals surface area contributed by atoms with Gasteiger partial charge in [0.15, 0.2) is 9.84 Å². The Balaban J connectivity index is 1.72. The largest absolute Gasteiger partial charge is 0.416 e. The van der Waals surface area contributed by atoms with Gasteiger partial charge in [-0.2, -0.15) is 13.2 Å². The average molecular weight is 405 g/mol. The maximum atomic E-state index is 12.8. The van der Waals surface area contributed by atoms with Crippen LogP contribution in [0.4, 0.5) is 13.2 Å². The van der Waals surface area contributed by atoms with Gasteiger partial charge in [-0.25, -0.2) is 8.42 Å². The van der Waals surface area contributed by atoms with Crippen LogP contribution in [0.15, 0.2) is 24.3 Å². The third-order valence-electron chi connectivity index (χ3n) is 5.03. The molecule has 2 aliphatic heterocycles. The molecule has 0 spiro atoms. The van der Waals surface area contributed by atoms with E-state index in [1.807, 2.05) is 0 Å². The van der Waals surface area contributed by atoms with Gasteiger partial charge < -0.3 is 9.64 Å². The van der Waals surface area contributed by atoms with Crippen molar-refractivity contribution in [2.45, 2.75) is 44.0 Å². The van der Waals surface area contributed by atoms with Crippen LogP contribution in [0.3, 0.4) is 0 Å². The molecule has 1 aromatic carbocycles. The van der Waals surface area contributed by atoms with Crippen molar-refractivity contribution in [1.82, 2.24) is 4.90 Å². The molecule has 27 heavy (non-hydrogen) atoms. The average Bonchev–Trinajstić information content (AvgIpc) is 3.21. The van der Waals surface area contributed by atoms with E-state index in [1.54, 1.807) is 4.90 Å². The van der Waals surface area contributed by atoms with Crippen molar-refractivity contribution < 1.29 is 31.1 Å². The topological polar surface area (TPSA) is 63.7 Å². The Morgan fingerprint density at radius 1 is 1.19 bits per heavy atom. The van der Waals surface area contributed by atoms with Crippen LogP contribution in [0.25, 0.3) is 0 Å². The quantitative estimate of drug-likeness (QED) is 0.755. The van der Waals surface area contributed by atoms with Crippen LogP contribution >= 0.6 is 0 Å². The van der Waals surface area contributed by atoms with Crippen molar-refractivity contribution in [1.29, 1.82) is 0 Å². The van der Waals surface area contributed by atoms with Gasteiger partial charge in [0.05, 0.1) is 29.6 Å². The molecule has 2 heterocycles. The van der Waals surface area contributed by atoms with Crippen molar-refractivity contribution in [3.05, 3.63) is 35.4 Å². The zero-order chi connectivity index (χ0) is 19.7. The molecule has 2 aliphatic rings. The first-order valence-electron chi connectivity index (χ1n) is 8.92. The van der Waals surface area contributed by atoms with Gasteiger partial charge in [0.2, 0.25) is 5.91 Å². The molecule has 9 heteroatoms. The fraction of sp³-hybridized carbons (Fsp3) is 0.611. The van der Waals surface area contributed by atoms with Crippen molar-refractivity contribution in [3.8, 4) is 0 Å². The molecule has 0 unspecified atom stereocenters. The number of ether oxygens (including phenoxy) is 1. The SMILES string of the molecule is O=C(Cc1ccc(C(F)(F)F)cc1)N(C[C@@H]1CCCO1)[C@H]1CCS(=O)(=O)C1. The van der Waals surface area contributed by atoms with Crippen LogP contribution < -0.4 is 0 Å². The molecule has 2 fully saturated rings. The van der Waals surface area contributed by atoms with Crippen molar-refractivity contribution in [2.24, 2.45) is 0 Å². The number of benzene rings is 1. The van der Waals surface area contributed by atoms with Crippen LogP contribution in [0, 0.1) is 0 Å². The predicted octanol–water partition coefficient (Wildman–Crippen LogP) is 2.44. The minimum Gasteiger partial charge on any atom is -0.376 e. The maximum absolute atomic E-state index is 12.8. The van der Waals surface area contributed by atoms with E-state index in [-0.39, 0.29) is 29.9 Å². The van der Waals surface area contributed by atoms with Crippen LogP contribution in [0.5, 0.6) is 0 Å². The second kappa shape index (κ2) is 7.79. The number of nitrogens with zero attached hydrogens (tertiary/aromatic N) is 1. The molecule has 1 aromatic rings. The predicted molar refractivity (Wildman–Crippen MR) is 92.9 cm³/mol. The van der Waals surface area contributed by atoms with E-state index >= 15 is 0 Å². The Labute approximate surface area is 156 Å². The zero-order valence-corrected chi connectivity index (χ0v) is 15.6. The van der Waals surface area contributed by atoms with Gasteiger partial charge in [-0.15, -0.1) is 0 Å². The lowest BCUT2D eigenvalue weighted by molar-refractivity contribution is -0.137.